The van der Waals surface area contributed by atoms with E-state index in [1.165, 1.54) is 5.39 Å². The maximum atomic E-state index is 4.45. The first kappa shape index (κ1) is 9.52. The third kappa shape index (κ3) is 1.39. The van der Waals surface area contributed by atoms with Gasteiger partial charge in [-0.2, -0.15) is 5.10 Å². The van der Waals surface area contributed by atoms with Gasteiger partial charge in [0.1, 0.15) is 0 Å². The molecule has 74 valence electrons. The summed E-state index contributed by atoms with van der Waals surface area (Å²) in [5, 5.41) is 5.63. The van der Waals surface area contributed by atoms with Gasteiger partial charge in [-0.15, -0.1) is 0 Å². The highest BCUT2D eigenvalue weighted by molar-refractivity contribution is 9.10. The smallest absolute Gasteiger partial charge is 0.158 e. The summed E-state index contributed by atoms with van der Waals surface area (Å²) in [5.74, 6) is 1.00. The molecule has 3 nitrogen and oxygen atoms in total. The zero-order valence-corrected chi connectivity index (χ0v) is 10.0. The summed E-state index contributed by atoms with van der Waals surface area (Å²) in [5.41, 5.74) is 1.15. The molecule has 0 aliphatic heterocycles. The molecule has 0 atom stereocenters. The number of nitrogens with zero attached hydrogens (tertiary/aromatic N) is 3. The summed E-state index contributed by atoms with van der Waals surface area (Å²) in [6.07, 6.45) is 0. The zero-order chi connectivity index (χ0) is 10.3. The third-order valence-corrected chi connectivity index (χ3v) is 2.71. The number of aryl methyl sites for hydroxylation is 1. The molecule has 2 aromatic rings. The molecular weight excluding hydrogens is 242 g/mol. The summed E-state index contributed by atoms with van der Waals surface area (Å²) in [4.78, 5) is 2.02. The Labute approximate surface area is 91.4 Å². The average molecular weight is 254 g/mol. The lowest BCUT2D eigenvalue weighted by Gasteiger charge is -2.07. The lowest BCUT2D eigenvalue weighted by atomic mass is 10.2. The molecule has 0 N–H and O–H groups in total. The van der Waals surface area contributed by atoms with Gasteiger partial charge in [0.2, 0.25) is 0 Å². The van der Waals surface area contributed by atoms with E-state index in [0.717, 1.165) is 15.8 Å². The molecule has 1 aromatic heterocycles. The van der Waals surface area contributed by atoms with Gasteiger partial charge in [0.25, 0.3) is 0 Å². The van der Waals surface area contributed by atoms with Crippen molar-refractivity contribution in [3.8, 4) is 0 Å². The number of hydrogen-bond acceptors (Lipinski definition) is 2. The fourth-order valence-electron chi connectivity index (χ4n) is 1.55. The zero-order valence-electron chi connectivity index (χ0n) is 8.45. The van der Waals surface area contributed by atoms with E-state index >= 15 is 0 Å². The first-order valence-electron chi connectivity index (χ1n) is 4.39. The first-order chi connectivity index (χ1) is 6.59. The summed E-state index contributed by atoms with van der Waals surface area (Å²) < 4.78 is 2.98. The average Bonchev–Trinajstić information content (AvgIpc) is 2.43. The minimum absolute atomic E-state index is 1.00. The van der Waals surface area contributed by atoms with Crippen molar-refractivity contribution in [3.63, 3.8) is 0 Å². The van der Waals surface area contributed by atoms with Gasteiger partial charge < -0.3 is 4.90 Å². The molecule has 0 spiro atoms. The van der Waals surface area contributed by atoms with Crippen LogP contribution in [-0.4, -0.2) is 23.9 Å². The number of benzene rings is 1. The highest BCUT2D eigenvalue weighted by atomic mass is 79.9. The molecule has 0 amide bonds. The van der Waals surface area contributed by atoms with Crippen molar-refractivity contribution in [3.05, 3.63) is 22.7 Å². The van der Waals surface area contributed by atoms with Gasteiger partial charge >= 0.3 is 0 Å². The Morgan fingerprint density at radius 2 is 2.07 bits per heavy atom. The van der Waals surface area contributed by atoms with Crippen LogP contribution >= 0.6 is 15.9 Å². The van der Waals surface area contributed by atoms with Crippen molar-refractivity contribution < 1.29 is 0 Å². The number of aromatic nitrogens is 2. The van der Waals surface area contributed by atoms with Crippen molar-refractivity contribution in [1.82, 2.24) is 9.78 Å². The Bertz CT molecular complexity index is 473. The van der Waals surface area contributed by atoms with Crippen LogP contribution in [0.15, 0.2) is 22.7 Å². The van der Waals surface area contributed by atoms with Crippen molar-refractivity contribution in [2.75, 3.05) is 19.0 Å². The maximum Gasteiger partial charge on any atom is 0.158 e. The Kier molecular flexibility index (Phi) is 2.23. The molecule has 0 fully saturated rings. The molecule has 0 aliphatic carbocycles. The van der Waals surface area contributed by atoms with Crippen LogP contribution in [-0.2, 0) is 7.05 Å². The van der Waals surface area contributed by atoms with Crippen LogP contribution < -0.4 is 4.90 Å². The van der Waals surface area contributed by atoms with Crippen molar-refractivity contribution >= 4 is 32.7 Å². The number of halogens is 1. The molecule has 1 aromatic carbocycles. The molecule has 0 saturated heterocycles. The standard InChI is InChI=1S/C10H12BrN3/c1-13(2)10-8-6-7(11)4-5-9(8)14(3)12-10/h4-6H,1-3H3. The monoisotopic (exact) mass is 253 g/mol. The molecule has 0 unspecified atom stereocenters. The van der Waals surface area contributed by atoms with Gasteiger partial charge in [-0.05, 0) is 18.2 Å². The molecular formula is C10H12BrN3. The Balaban J connectivity index is 2.79. The topological polar surface area (TPSA) is 21.1 Å². The Morgan fingerprint density at radius 3 is 2.71 bits per heavy atom. The van der Waals surface area contributed by atoms with Gasteiger partial charge in [0, 0.05) is 31.0 Å². The van der Waals surface area contributed by atoms with E-state index in [0.29, 0.717) is 0 Å². The SMILES string of the molecule is CN(C)c1nn(C)c2ccc(Br)cc12. The van der Waals surface area contributed by atoms with E-state index in [9.17, 15) is 0 Å². The molecule has 14 heavy (non-hydrogen) atoms. The predicted molar refractivity (Wildman–Crippen MR) is 62.7 cm³/mol. The van der Waals surface area contributed by atoms with E-state index in [-0.39, 0.29) is 0 Å². The van der Waals surface area contributed by atoms with E-state index < -0.39 is 0 Å². The van der Waals surface area contributed by atoms with Gasteiger partial charge in [-0.3, -0.25) is 4.68 Å². The van der Waals surface area contributed by atoms with E-state index in [2.05, 4.69) is 33.2 Å². The van der Waals surface area contributed by atoms with Crippen LogP contribution in [0.3, 0.4) is 0 Å². The molecule has 2 rings (SSSR count). The van der Waals surface area contributed by atoms with Gasteiger partial charge in [-0.25, -0.2) is 0 Å². The summed E-state index contributed by atoms with van der Waals surface area (Å²) in [6, 6.07) is 6.19. The molecule has 0 radical (unpaired) electrons. The van der Waals surface area contributed by atoms with Crippen molar-refractivity contribution in [2.24, 2.45) is 7.05 Å². The van der Waals surface area contributed by atoms with Gasteiger partial charge in [-0.1, -0.05) is 15.9 Å². The Hall–Kier alpha value is -1.03. The summed E-state index contributed by atoms with van der Waals surface area (Å²) in [7, 11) is 5.97. The number of rotatable bonds is 1. The third-order valence-electron chi connectivity index (χ3n) is 2.22. The molecule has 4 heteroatoms. The molecule has 0 aliphatic rings. The number of fused-ring (bicyclic) bond motifs is 1. The molecule has 0 bridgehead atoms. The fraction of sp³-hybridized carbons (Fsp3) is 0.300. The number of anilines is 1. The number of hydrogen-bond donors (Lipinski definition) is 0. The second-order valence-electron chi connectivity index (χ2n) is 3.50. The first-order valence-corrected chi connectivity index (χ1v) is 5.18. The van der Waals surface area contributed by atoms with E-state index in [1.807, 2.05) is 36.8 Å². The summed E-state index contributed by atoms with van der Waals surface area (Å²) in [6.45, 7) is 0. The van der Waals surface area contributed by atoms with E-state index in [1.54, 1.807) is 0 Å². The highest BCUT2D eigenvalue weighted by Crippen LogP contribution is 2.27. The quantitative estimate of drug-likeness (QED) is 0.779. The Morgan fingerprint density at radius 1 is 1.36 bits per heavy atom. The van der Waals surface area contributed by atoms with Crippen molar-refractivity contribution in [1.29, 1.82) is 0 Å². The fourth-order valence-corrected chi connectivity index (χ4v) is 1.91. The van der Waals surface area contributed by atoms with Crippen LogP contribution in [0, 0.1) is 0 Å². The minimum Gasteiger partial charge on any atom is -0.361 e. The minimum atomic E-state index is 1.00. The summed E-state index contributed by atoms with van der Waals surface area (Å²) >= 11 is 3.47. The van der Waals surface area contributed by atoms with Crippen LogP contribution in [0.25, 0.3) is 10.9 Å². The second-order valence-corrected chi connectivity index (χ2v) is 4.42. The van der Waals surface area contributed by atoms with Crippen LogP contribution in [0.2, 0.25) is 0 Å². The van der Waals surface area contributed by atoms with Crippen LogP contribution in [0.1, 0.15) is 0 Å². The lowest BCUT2D eigenvalue weighted by molar-refractivity contribution is 0.789. The second kappa shape index (κ2) is 3.28. The largest absolute Gasteiger partial charge is 0.361 e. The van der Waals surface area contributed by atoms with Gasteiger partial charge in [0.15, 0.2) is 5.82 Å². The molecule has 0 saturated carbocycles. The van der Waals surface area contributed by atoms with E-state index in [4.69, 9.17) is 0 Å². The normalized spacial score (nSPS) is 10.9. The highest BCUT2D eigenvalue weighted by Gasteiger charge is 2.09. The van der Waals surface area contributed by atoms with Crippen LogP contribution in [0.5, 0.6) is 0 Å². The van der Waals surface area contributed by atoms with Crippen molar-refractivity contribution in [2.45, 2.75) is 0 Å². The lowest BCUT2D eigenvalue weighted by Crippen LogP contribution is -2.09. The maximum absolute atomic E-state index is 4.45. The molecule has 1 heterocycles. The van der Waals surface area contributed by atoms with Crippen LogP contribution in [0.4, 0.5) is 5.82 Å². The predicted octanol–water partition coefficient (Wildman–Crippen LogP) is 2.40. The van der Waals surface area contributed by atoms with Gasteiger partial charge in [0.05, 0.1) is 5.52 Å².